The molecule has 1 unspecified atom stereocenters. The van der Waals surface area contributed by atoms with Gasteiger partial charge in [-0.15, -0.1) is 0 Å². The topological polar surface area (TPSA) is 142 Å². The molecule has 0 radical (unpaired) electrons. The Bertz CT molecular complexity index is 1390. The van der Waals surface area contributed by atoms with Gasteiger partial charge < -0.3 is 25.0 Å². The lowest BCUT2D eigenvalue weighted by Gasteiger charge is -2.35. The van der Waals surface area contributed by atoms with E-state index in [-0.39, 0.29) is 51.3 Å². The van der Waals surface area contributed by atoms with Crippen LogP contribution < -0.4 is 5.32 Å². The van der Waals surface area contributed by atoms with Crippen LogP contribution in [0.15, 0.2) is 60.7 Å². The van der Waals surface area contributed by atoms with E-state index in [1.165, 1.54) is 9.80 Å². The number of piperazine rings is 1. The van der Waals surface area contributed by atoms with E-state index in [1.54, 1.807) is 13.0 Å². The van der Waals surface area contributed by atoms with Crippen LogP contribution in [0.25, 0.3) is 22.6 Å². The molecule has 2 aromatic carbocycles. The molecule has 0 saturated carbocycles. The van der Waals surface area contributed by atoms with Gasteiger partial charge in [0.15, 0.2) is 5.82 Å². The van der Waals surface area contributed by atoms with Gasteiger partial charge in [-0.05, 0) is 26.3 Å². The molecule has 1 aromatic heterocycles. The highest BCUT2D eigenvalue weighted by atomic mass is 16.6. The van der Waals surface area contributed by atoms with Crippen molar-refractivity contribution in [2.45, 2.75) is 32.7 Å². The van der Waals surface area contributed by atoms with Crippen LogP contribution >= 0.6 is 0 Å². The maximum absolute atomic E-state index is 13.5. The van der Waals surface area contributed by atoms with Gasteiger partial charge in [0.2, 0.25) is 5.91 Å². The lowest BCUT2D eigenvalue weighted by atomic mass is 10.1. The summed E-state index contributed by atoms with van der Waals surface area (Å²) in [7, 11) is 0. The fourth-order valence-electron chi connectivity index (χ4n) is 4.45. The number of nitrogens with one attached hydrogen (secondary N) is 1. The first-order valence-corrected chi connectivity index (χ1v) is 13.5. The van der Waals surface area contributed by atoms with E-state index in [0.717, 1.165) is 11.1 Å². The number of aryl methyl sites for hydroxylation is 1. The number of amides is 3. The first-order valence-electron chi connectivity index (χ1n) is 13.5. The molecular weight excluding hydrogens is 526 g/mol. The highest BCUT2D eigenvalue weighted by molar-refractivity contribution is 5.97. The van der Waals surface area contributed by atoms with Crippen molar-refractivity contribution in [3.63, 3.8) is 0 Å². The Kier molecular flexibility index (Phi) is 9.62. The van der Waals surface area contributed by atoms with E-state index in [2.05, 4.69) is 15.3 Å². The average Bonchev–Trinajstić information content (AvgIpc) is 2.99. The number of carbonyl (C=O) groups excluding carboxylic acids is 3. The van der Waals surface area contributed by atoms with E-state index >= 15 is 0 Å². The number of hydrogen-bond acceptors (Lipinski definition) is 7. The summed E-state index contributed by atoms with van der Waals surface area (Å²) in [6.07, 6.45) is -0.857. The van der Waals surface area contributed by atoms with E-state index in [0.29, 0.717) is 17.1 Å². The summed E-state index contributed by atoms with van der Waals surface area (Å²) < 4.78 is 5.03. The number of hydrogen-bond donors (Lipinski definition) is 2. The number of ether oxygens (including phenoxy) is 1. The van der Waals surface area contributed by atoms with Crippen LogP contribution in [0.3, 0.4) is 0 Å². The van der Waals surface area contributed by atoms with Crippen LogP contribution in [0.2, 0.25) is 0 Å². The molecule has 214 valence electrons. The third kappa shape index (κ3) is 7.65. The Morgan fingerprint density at radius 3 is 2.22 bits per heavy atom. The smallest absolute Gasteiger partial charge is 0.409 e. The maximum atomic E-state index is 13.5. The summed E-state index contributed by atoms with van der Waals surface area (Å²) in [4.78, 5) is 62.6. The molecule has 2 N–H and O–H groups in total. The molecule has 11 heteroatoms. The van der Waals surface area contributed by atoms with Crippen molar-refractivity contribution in [1.29, 1.82) is 0 Å². The fraction of sp³-hybridized carbons (Fsp3) is 0.333. The number of nitrogens with zero attached hydrogens (tertiary/aromatic N) is 4. The SMILES string of the molecule is CCOC(=O)N1CCN(C(=O)C(CCC(=O)O)NC(=O)c2cc(-c3ccc(C)cc3)nc(-c3ccccc3)n2)CC1. The highest BCUT2D eigenvalue weighted by Gasteiger charge is 2.31. The second-order valence-electron chi connectivity index (χ2n) is 9.66. The first kappa shape index (κ1) is 29.2. The summed E-state index contributed by atoms with van der Waals surface area (Å²) >= 11 is 0. The summed E-state index contributed by atoms with van der Waals surface area (Å²) in [5.74, 6) is -1.78. The zero-order valence-electron chi connectivity index (χ0n) is 23.1. The van der Waals surface area contributed by atoms with Gasteiger partial charge in [-0.25, -0.2) is 14.8 Å². The van der Waals surface area contributed by atoms with Gasteiger partial charge in [0.25, 0.3) is 5.91 Å². The van der Waals surface area contributed by atoms with Gasteiger partial charge in [0.1, 0.15) is 11.7 Å². The second-order valence-corrected chi connectivity index (χ2v) is 9.66. The molecule has 2 heterocycles. The zero-order valence-corrected chi connectivity index (χ0v) is 23.1. The summed E-state index contributed by atoms with van der Waals surface area (Å²) in [5.41, 5.74) is 3.17. The molecule has 1 fully saturated rings. The van der Waals surface area contributed by atoms with Gasteiger partial charge >= 0.3 is 12.1 Å². The number of carboxylic acid groups (broad SMARTS) is 1. The van der Waals surface area contributed by atoms with Crippen molar-refractivity contribution in [1.82, 2.24) is 25.1 Å². The normalized spacial score (nSPS) is 13.8. The van der Waals surface area contributed by atoms with Crippen LogP contribution in [0, 0.1) is 6.92 Å². The van der Waals surface area contributed by atoms with Crippen LogP contribution in [0.1, 0.15) is 35.8 Å². The lowest BCUT2D eigenvalue weighted by Crippen LogP contribution is -2.56. The standard InChI is InChI=1S/C30H33N5O6/c1-3-41-30(40)35-17-15-34(16-18-35)29(39)23(13-14-26(36)37)33-28(38)25-19-24(21-11-9-20(2)10-12-21)31-27(32-25)22-7-5-4-6-8-22/h4-12,19,23H,3,13-18H2,1-2H3,(H,33,38)(H,36,37). The Morgan fingerprint density at radius 2 is 1.59 bits per heavy atom. The Hall–Kier alpha value is -4.80. The van der Waals surface area contributed by atoms with Crippen molar-refractivity contribution in [2.24, 2.45) is 0 Å². The van der Waals surface area contributed by atoms with E-state index in [1.807, 2.05) is 61.5 Å². The minimum absolute atomic E-state index is 0.0506. The largest absolute Gasteiger partial charge is 0.481 e. The Morgan fingerprint density at radius 1 is 0.927 bits per heavy atom. The van der Waals surface area contributed by atoms with E-state index in [4.69, 9.17) is 4.74 Å². The number of carbonyl (C=O) groups is 4. The van der Waals surface area contributed by atoms with Crippen molar-refractivity contribution in [3.8, 4) is 22.6 Å². The average molecular weight is 560 g/mol. The summed E-state index contributed by atoms with van der Waals surface area (Å²) in [6.45, 7) is 4.97. The lowest BCUT2D eigenvalue weighted by molar-refractivity contribution is -0.138. The van der Waals surface area contributed by atoms with Crippen LogP contribution in [-0.2, 0) is 14.3 Å². The molecule has 1 atom stereocenters. The molecule has 0 spiro atoms. The summed E-state index contributed by atoms with van der Waals surface area (Å²) in [6, 6.07) is 17.4. The van der Waals surface area contributed by atoms with Crippen LogP contribution in [0.5, 0.6) is 0 Å². The molecule has 0 bridgehead atoms. The summed E-state index contributed by atoms with van der Waals surface area (Å²) in [5, 5.41) is 12.0. The molecule has 1 saturated heterocycles. The van der Waals surface area contributed by atoms with Crippen molar-refractivity contribution in [3.05, 3.63) is 71.9 Å². The van der Waals surface area contributed by atoms with Gasteiger partial charge in [0.05, 0.1) is 12.3 Å². The fourth-order valence-corrected chi connectivity index (χ4v) is 4.45. The molecule has 1 aliphatic rings. The number of benzene rings is 2. The van der Waals surface area contributed by atoms with Crippen molar-refractivity contribution < 1.29 is 29.0 Å². The van der Waals surface area contributed by atoms with Crippen molar-refractivity contribution in [2.75, 3.05) is 32.8 Å². The number of rotatable bonds is 9. The van der Waals surface area contributed by atoms with Crippen LogP contribution in [-0.4, -0.2) is 87.6 Å². The molecule has 3 aromatic rings. The monoisotopic (exact) mass is 559 g/mol. The Balaban J connectivity index is 1.58. The predicted molar refractivity (Wildman–Crippen MR) is 151 cm³/mol. The molecule has 11 nitrogen and oxygen atoms in total. The van der Waals surface area contributed by atoms with Gasteiger partial charge in [0, 0.05) is 43.7 Å². The molecular formula is C30H33N5O6. The van der Waals surface area contributed by atoms with E-state index in [9.17, 15) is 24.3 Å². The number of aromatic nitrogens is 2. The Labute approximate surface area is 238 Å². The predicted octanol–water partition coefficient (Wildman–Crippen LogP) is 3.38. The zero-order chi connectivity index (χ0) is 29.4. The molecule has 3 amide bonds. The number of carboxylic acids is 1. The van der Waals surface area contributed by atoms with Crippen LogP contribution in [0.4, 0.5) is 4.79 Å². The van der Waals surface area contributed by atoms with Gasteiger partial charge in [-0.1, -0.05) is 60.2 Å². The number of aliphatic carboxylic acids is 1. The van der Waals surface area contributed by atoms with E-state index < -0.39 is 29.9 Å². The quantitative estimate of drug-likeness (QED) is 0.406. The van der Waals surface area contributed by atoms with Crippen molar-refractivity contribution >= 4 is 23.9 Å². The van der Waals surface area contributed by atoms with Gasteiger partial charge in [-0.2, -0.15) is 0 Å². The van der Waals surface area contributed by atoms with Gasteiger partial charge in [-0.3, -0.25) is 14.4 Å². The molecule has 41 heavy (non-hydrogen) atoms. The molecule has 0 aliphatic carbocycles. The molecule has 1 aliphatic heterocycles. The third-order valence-electron chi connectivity index (χ3n) is 6.71. The highest BCUT2D eigenvalue weighted by Crippen LogP contribution is 2.23. The maximum Gasteiger partial charge on any atom is 0.409 e. The minimum atomic E-state index is -1.09. The third-order valence-corrected chi connectivity index (χ3v) is 6.71. The first-order chi connectivity index (χ1) is 19.7. The minimum Gasteiger partial charge on any atom is -0.481 e. The molecule has 4 rings (SSSR count). The second kappa shape index (κ2) is 13.5.